The molecule has 0 atom stereocenters. The van der Waals surface area contributed by atoms with Crippen LogP contribution in [0, 0.1) is 0 Å². The molecule has 0 saturated heterocycles. The number of cyclic esters (lactones) is 1. The lowest BCUT2D eigenvalue weighted by molar-refractivity contribution is -0.129. The molecule has 134 valence electrons. The summed E-state index contributed by atoms with van der Waals surface area (Å²) in [5, 5.41) is 2.17. The van der Waals surface area contributed by atoms with Crippen LogP contribution < -0.4 is 9.47 Å². The topological polar surface area (TPSA) is 57.1 Å². The standard InChI is InChI=1S/C22H17NO4/c1-25-19-9-5-8-16(20(19)26-2)13-18-22(24)27-21(23-18)17-11-10-14-6-3-4-7-15(14)12-17/h3-13H,1-2H3/b18-13+. The largest absolute Gasteiger partial charge is 0.493 e. The molecule has 0 aromatic heterocycles. The summed E-state index contributed by atoms with van der Waals surface area (Å²) in [7, 11) is 3.12. The highest BCUT2D eigenvalue weighted by Gasteiger charge is 2.25. The van der Waals surface area contributed by atoms with Crippen molar-refractivity contribution in [3.8, 4) is 11.5 Å². The van der Waals surface area contributed by atoms with Crippen LogP contribution in [0.15, 0.2) is 71.4 Å². The Morgan fingerprint density at radius 3 is 2.52 bits per heavy atom. The molecule has 27 heavy (non-hydrogen) atoms. The molecule has 0 radical (unpaired) electrons. The average molecular weight is 359 g/mol. The average Bonchev–Trinajstić information content (AvgIpc) is 3.07. The number of aliphatic imine (C=N–C) groups is 1. The van der Waals surface area contributed by atoms with Crippen molar-refractivity contribution >= 4 is 28.7 Å². The van der Waals surface area contributed by atoms with E-state index < -0.39 is 5.97 Å². The van der Waals surface area contributed by atoms with E-state index in [9.17, 15) is 4.79 Å². The third-order valence-corrected chi connectivity index (χ3v) is 4.34. The van der Waals surface area contributed by atoms with Gasteiger partial charge in [-0.2, -0.15) is 0 Å². The maximum Gasteiger partial charge on any atom is 0.363 e. The first-order valence-corrected chi connectivity index (χ1v) is 8.42. The fourth-order valence-electron chi connectivity index (χ4n) is 3.03. The lowest BCUT2D eigenvalue weighted by atomic mass is 10.1. The van der Waals surface area contributed by atoms with Crippen LogP contribution in [-0.2, 0) is 9.53 Å². The quantitative estimate of drug-likeness (QED) is 0.517. The SMILES string of the molecule is COc1cccc(/C=C2/N=C(c3ccc4ccccc4c3)OC2=O)c1OC. The van der Waals surface area contributed by atoms with E-state index in [-0.39, 0.29) is 5.70 Å². The second kappa shape index (κ2) is 6.96. The van der Waals surface area contributed by atoms with E-state index in [1.807, 2.05) is 54.6 Å². The zero-order valence-corrected chi connectivity index (χ0v) is 14.9. The van der Waals surface area contributed by atoms with E-state index in [1.54, 1.807) is 26.4 Å². The highest BCUT2D eigenvalue weighted by atomic mass is 16.6. The number of methoxy groups -OCH3 is 2. The maximum atomic E-state index is 12.3. The molecule has 0 saturated carbocycles. The van der Waals surface area contributed by atoms with E-state index >= 15 is 0 Å². The molecule has 0 fully saturated rings. The van der Waals surface area contributed by atoms with Gasteiger partial charge >= 0.3 is 5.97 Å². The molecule has 5 nitrogen and oxygen atoms in total. The highest BCUT2D eigenvalue weighted by molar-refractivity contribution is 6.13. The number of esters is 1. The van der Waals surface area contributed by atoms with E-state index in [0.29, 0.717) is 23.0 Å². The second-order valence-corrected chi connectivity index (χ2v) is 5.98. The Labute approximate surface area is 156 Å². The number of rotatable bonds is 4. The lowest BCUT2D eigenvalue weighted by Crippen LogP contribution is -2.05. The van der Waals surface area contributed by atoms with E-state index in [4.69, 9.17) is 14.2 Å². The number of carbonyl (C=O) groups excluding carboxylic acids is 1. The molecule has 0 unspecified atom stereocenters. The molecule has 3 aromatic rings. The third-order valence-electron chi connectivity index (χ3n) is 4.34. The van der Waals surface area contributed by atoms with Crippen molar-refractivity contribution in [1.29, 1.82) is 0 Å². The molecule has 0 aliphatic carbocycles. The van der Waals surface area contributed by atoms with Crippen molar-refractivity contribution in [2.45, 2.75) is 0 Å². The van der Waals surface area contributed by atoms with Crippen LogP contribution in [0.3, 0.4) is 0 Å². The Bertz CT molecular complexity index is 1100. The van der Waals surface area contributed by atoms with Crippen molar-refractivity contribution in [2.75, 3.05) is 14.2 Å². The molecule has 4 rings (SSSR count). The Morgan fingerprint density at radius 2 is 1.74 bits per heavy atom. The van der Waals surface area contributed by atoms with Crippen LogP contribution in [-0.4, -0.2) is 26.1 Å². The number of hydrogen-bond donors (Lipinski definition) is 0. The lowest BCUT2D eigenvalue weighted by Gasteiger charge is -2.09. The van der Waals surface area contributed by atoms with E-state index in [1.165, 1.54) is 0 Å². The summed E-state index contributed by atoms with van der Waals surface area (Å²) in [5.74, 6) is 0.911. The molecular weight excluding hydrogens is 342 g/mol. The van der Waals surface area contributed by atoms with Crippen LogP contribution >= 0.6 is 0 Å². The molecule has 0 spiro atoms. The maximum absolute atomic E-state index is 12.3. The van der Waals surface area contributed by atoms with Gasteiger partial charge in [-0.1, -0.05) is 42.5 Å². The minimum atomic E-state index is -0.497. The highest BCUT2D eigenvalue weighted by Crippen LogP contribution is 2.33. The smallest absolute Gasteiger partial charge is 0.363 e. The zero-order valence-electron chi connectivity index (χ0n) is 14.9. The first-order chi connectivity index (χ1) is 13.2. The summed E-state index contributed by atoms with van der Waals surface area (Å²) in [6.07, 6.45) is 1.64. The van der Waals surface area contributed by atoms with Gasteiger partial charge in [0.2, 0.25) is 5.90 Å². The third kappa shape index (κ3) is 3.15. The van der Waals surface area contributed by atoms with Crippen LogP contribution in [0.5, 0.6) is 11.5 Å². The zero-order chi connectivity index (χ0) is 18.8. The number of nitrogens with zero attached hydrogens (tertiary/aromatic N) is 1. The summed E-state index contributed by atoms with van der Waals surface area (Å²) >= 11 is 0. The fraction of sp³-hybridized carbons (Fsp3) is 0.0909. The molecule has 0 N–H and O–H groups in total. The first kappa shape index (κ1) is 16.8. The molecule has 1 aliphatic rings. The van der Waals surface area contributed by atoms with Crippen molar-refractivity contribution in [2.24, 2.45) is 4.99 Å². The first-order valence-electron chi connectivity index (χ1n) is 8.42. The molecule has 5 heteroatoms. The molecule has 1 aliphatic heterocycles. The van der Waals surface area contributed by atoms with Gasteiger partial charge in [-0.05, 0) is 35.0 Å². The molecule has 1 heterocycles. The number of para-hydroxylation sites is 1. The monoisotopic (exact) mass is 359 g/mol. The van der Waals surface area contributed by atoms with Crippen molar-refractivity contribution in [1.82, 2.24) is 0 Å². The fourth-order valence-corrected chi connectivity index (χ4v) is 3.03. The molecular formula is C22H17NO4. The van der Waals surface area contributed by atoms with Gasteiger partial charge in [0.05, 0.1) is 14.2 Å². The van der Waals surface area contributed by atoms with Crippen molar-refractivity contribution in [3.63, 3.8) is 0 Å². The van der Waals surface area contributed by atoms with Gasteiger partial charge in [-0.3, -0.25) is 0 Å². The van der Waals surface area contributed by atoms with Gasteiger partial charge in [0.25, 0.3) is 0 Å². The van der Waals surface area contributed by atoms with Crippen LogP contribution in [0.4, 0.5) is 0 Å². The van der Waals surface area contributed by atoms with Crippen LogP contribution in [0.25, 0.3) is 16.8 Å². The molecule has 0 amide bonds. The molecule has 3 aromatic carbocycles. The second-order valence-electron chi connectivity index (χ2n) is 5.98. The Balaban J connectivity index is 1.73. The number of carbonyl (C=O) groups is 1. The summed E-state index contributed by atoms with van der Waals surface area (Å²) in [6.45, 7) is 0. The minimum Gasteiger partial charge on any atom is -0.493 e. The summed E-state index contributed by atoms with van der Waals surface area (Å²) in [6, 6.07) is 19.3. The summed E-state index contributed by atoms with van der Waals surface area (Å²) < 4.78 is 16.1. The minimum absolute atomic E-state index is 0.213. The van der Waals surface area contributed by atoms with Gasteiger partial charge in [-0.25, -0.2) is 9.79 Å². The Kier molecular flexibility index (Phi) is 4.34. The predicted octanol–water partition coefficient (Wildman–Crippen LogP) is 4.20. The number of fused-ring (bicyclic) bond motifs is 1. The summed E-state index contributed by atoms with van der Waals surface area (Å²) in [4.78, 5) is 16.7. The van der Waals surface area contributed by atoms with Crippen molar-refractivity contribution < 1.29 is 19.0 Å². The van der Waals surface area contributed by atoms with E-state index in [0.717, 1.165) is 16.3 Å². The Morgan fingerprint density at radius 1 is 0.926 bits per heavy atom. The van der Waals surface area contributed by atoms with Gasteiger partial charge in [0, 0.05) is 11.1 Å². The summed E-state index contributed by atoms with van der Waals surface area (Å²) in [5.41, 5.74) is 1.65. The van der Waals surface area contributed by atoms with Gasteiger partial charge in [0.15, 0.2) is 17.2 Å². The van der Waals surface area contributed by atoms with Gasteiger partial charge < -0.3 is 14.2 Å². The predicted molar refractivity (Wildman–Crippen MR) is 104 cm³/mol. The number of ether oxygens (including phenoxy) is 3. The number of hydrogen-bond acceptors (Lipinski definition) is 5. The van der Waals surface area contributed by atoms with E-state index in [2.05, 4.69) is 4.99 Å². The number of benzene rings is 3. The Hall–Kier alpha value is -3.60. The van der Waals surface area contributed by atoms with Crippen LogP contribution in [0.2, 0.25) is 0 Å². The van der Waals surface area contributed by atoms with Crippen LogP contribution in [0.1, 0.15) is 11.1 Å². The van der Waals surface area contributed by atoms with Gasteiger partial charge in [0.1, 0.15) is 0 Å². The van der Waals surface area contributed by atoms with Crippen molar-refractivity contribution in [3.05, 3.63) is 77.5 Å². The normalized spacial score (nSPS) is 15.0. The molecule has 0 bridgehead atoms. The van der Waals surface area contributed by atoms with Gasteiger partial charge in [-0.15, -0.1) is 0 Å².